The summed E-state index contributed by atoms with van der Waals surface area (Å²) in [5.41, 5.74) is 0. The minimum atomic E-state index is 0.0514. The fourth-order valence-electron chi connectivity index (χ4n) is 3.39. The van der Waals surface area contributed by atoms with E-state index in [-0.39, 0.29) is 24.0 Å². The van der Waals surface area contributed by atoms with Crippen LogP contribution in [0.1, 0.15) is 19.3 Å². The van der Waals surface area contributed by atoms with E-state index < -0.39 is 0 Å². The number of rotatable bonds is 3. The first kappa shape index (κ1) is 14.6. The quantitative estimate of drug-likeness (QED) is 0.826. The molecule has 2 aliphatic heterocycles. The van der Waals surface area contributed by atoms with Gasteiger partial charge in [0.05, 0.1) is 12.7 Å². The Morgan fingerprint density at radius 1 is 1.29 bits per heavy atom. The first-order valence-electron chi connectivity index (χ1n) is 7.92. The zero-order valence-corrected chi connectivity index (χ0v) is 12.9. The van der Waals surface area contributed by atoms with E-state index in [1.54, 1.807) is 19.0 Å². The Hall–Kier alpha value is -1.30. The molecular weight excluding hydrogens is 270 g/mol. The molecule has 21 heavy (non-hydrogen) atoms. The fraction of sp³-hybridized carbons (Fsp3) is 0.867. The Bertz CT molecular complexity index is 422. The fourth-order valence-corrected chi connectivity index (χ4v) is 3.39. The molecule has 2 saturated heterocycles. The van der Waals surface area contributed by atoms with Crippen molar-refractivity contribution in [2.24, 2.45) is 17.8 Å². The zero-order valence-electron chi connectivity index (χ0n) is 12.9. The topological polar surface area (TPSA) is 61.9 Å². The van der Waals surface area contributed by atoms with Crippen molar-refractivity contribution in [3.05, 3.63) is 0 Å². The summed E-state index contributed by atoms with van der Waals surface area (Å²) in [5, 5.41) is 3.01. The third-order valence-electron chi connectivity index (χ3n) is 4.89. The van der Waals surface area contributed by atoms with Crippen LogP contribution in [0.5, 0.6) is 0 Å². The van der Waals surface area contributed by atoms with Gasteiger partial charge in [-0.05, 0) is 25.2 Å². The Kier molecular flexibility index (Phi) is 4.06. The van der Waals surface area contributed by atoms with Gasteiger partial charge < -0.3 is 19.9 Å². The van der Waals surface area contributed by atoms with Crippen LogP contribution in [0.2, 0.25) is 0 Å². The van der Waals surface area contributed by atoms with Crippen LogP contribution >= 0.6 is 0 Å². The summed E-state index contributed by atoms with van der Waals surface area (Å²) in [6.07, 6.45) is 3.09. The summed E-state index contributed by atoms with van der Waals surface area (Å²) in [5.74, 6) is 1.28. The van der Waals surface area contributed by atoms with Crippen molar-refractivity contribution in [1.29, 1.82) is 0 Å². The highest BCUT2D eigenvalue weighted by Crippen LogP contribution is 2.34. The first-order valence-corrected chi connectivity index (χ1v) is 7.92. The van der Waals surface area contributed by atoms with E-state index in [0.29, 0.717) is 18.4 Å². The molecule has 0 bridgehead atoms. The van der Waals surface area contributed by atoms with Gasteiger partial charge in [-0.15, -0.1) is 0 Å². The lowest BCUT2D eigenvalue weighted by atomic mass is 9.84. The summed E-state index contributed by atoms with van der Waals surface area (Å²) in [6, 6.07) is 0.0705. The first-order chi connectivity index (χ1) is 10.1. The van der Waals surface area contributed by atoms with Gasteiger partial charge in [0.1, 0.15) is 0 Å². The summed E-state index contributed by atoms with van der Waals surface area (Å²) in [7, 11) is 3.57. The summed E-state index contributed by atoms with van der Waals surface area (Å²) in [6.45, 7) is 2.90. The Morgan fingerprint density at radius 3 is 2.71 bits per heavy atom. The molecule has 3 atom stereocenters. The molecule has 0 radical (unpaired) electrons. The highest BCUT2D eigenvalue weighted by molar-refractivity contribution is 5.80. The minimum absolute atomic E-state index is 0.0514. The molecule has 3 fully saturated rings. The van der Waals surface area contributed by atoms with E-state index >= 15 is 0 Å². The van der Waals surface area contributed by atoms with Crippen LogP contribution in [-0.4, -0.2) is 68.2 Å². The van der Waals surface area contributed by atoms with Crippen molar-refractivity contribution in [3.63, 3.8) is 0 Å². The molecule has 1 aliphatic carbocycles. The maximum atomic E-state index is 12.1. The number of carbonyl (C=O) groups excluding carboxylic acids is 2. The van der Waals surface area contributed by atoms with Gasteiger partial charge in [0.2, 0.25) is 5.91 Å². The SMILES string of the molecule is CN(C)C(=O)N1CC[C@H]2CO[C@H](CNC(=O)C3CC3)[C@H]2C1. The molecule has 0 aromatic carbocycles. The lowest BCUT2D eigenvalue weighted by Gasteiger charge is -2.37. The second-order valence-corrected chi connectivity index (χ2v) is 6.73. The predicted molar refractivity (Wildman–Crippen MR) is 77.7 cm³/mol. The van der Waals surface area contributed by atoms with Gasteiger partial charge in [0, 0.05) is 45.6 Å². The van der Waals surface area contributed by atoms with E-state index in [0.717, 1.165) is 39.0 Å². The molecule has 3 amide bonds. The predicted octanol–water partition coefficient (Wildman–Crippen LogP) is 0.531. The van der Waals surface area contributed by atoms with E-state index in [4.69, 9.17) is 4.74 Å². The smallest absolute Gasteiger partial charge is 0.319 e. The highest BCUT2D eigenvalue weighted by Gasteiger charge is 2.42. The van der Waals surface area contributed by atoms with Gasteiger partial charge in [-0.2, -0.15) is 0 Å². The number of carbonyl (C=O) groups is 2. The van der Waals surface area contributed by atoms with Gasteiger partial charge in [0.15, 0.2) is 0 Å². The van der Waals surface area contributed by atoms with E-state index in [2.05, 4.69) is 5.32 Å². The lowest BCUT2D eigenvalue weighted by Crippen LogP contribution is -2.50. The van der Waals surface area contributed by atoms with Crippen molar-refractivity contribution < 1.29 is 14.3 Å². The van der Waals surface area contributed by atoms with Crippen LogP contribution in [0.4, 0.5) is 4.79 Å². The van der Waals surface area contributed by atoms with E-state index in [1.807, 2.05) is 4.90 Å². The standard InChI is InChI=1S/C15H25N3O3/c1-17(2)15(20)18-6-5-11-9-21-13(12(11)8-18)7-16-14(19)10-3-4-10/h10-13H,3-9H2,1-2H3,(H,16,19)/t11-,12-,13+/m0/s1. The van der Waals surface area contributed by atoms with Gasteiger partial charge in [0.25, 0.3) is 0 Å². The Morgan fingerprint density at radius 2 is 2.05 bits per heavy atom. The molecule has 2 heterocycles. The number of fused-ring (bicyclic) bond motifs is 1. The third kappa shape index (κ3) is 3.15. The minimum Gasteiger partial charge on any atom is -0.376 e. The molecule has 3 aliphatic rings. The van der Waals surface area contributed by atoms with Gasteiger partial charge in [-0.3, -0.25) is 4.79 Å². The van der Waals surface area contributed by atoms with Crippen LogP contribution in [0.25, 0.3) is 0 Å². The number of nitrogens with zero attached hydrogens (tertiary/aromatic N) is 2. The van der Waals surface area contributed by atoms with Crippen LogP contribution in [0.15, 0.2) is 0 Å². The number of hydrogen-bond donors (Lipinski definition) is 1. The van der Waals surface area contributed by atoms with Gasteiger partial charge >= 0.3 is 6.03 Å². The number of piperidine rings is 1. The average Bonchev–Trinajstić information content (AvgIpc) is 3.25. The van der Waals surface area contributed by atoms with Crippen LogP contribution in [0.3, 0.4) is 0 Å². The second-order valence-electron chi connectivity index (χ2n) is 6.73. The van der Waals surface area contributed by atoms with Crippen molar-refractivity contribution in [3.8, 4) is 0 Å². The number of likely N-dealkylation sites (tertiary alicyclic amines) is 1. The lowest BCUT2D eigenvalue weighted by molar-refractivity contribution is -0.122. The number of urea groups is 1. The summed E-state index contributed by atoms with van der Waals surface area (Å²) < 4.78 is 5.87. The molecule has 0 aromatic rings. The number of nitrogens with one attached hydrogen (secondary N) is 1. The molecule has 0 aromatic heterocycles. The maximum Gasteiger partial charge on any atom is 0.319 e. The van der Waals surface area contributed by atoms with Crippen molar-refractivity contribution in [2.75, 3.05) is 40.3 Å². The normalized spacial score (nSPS) is 31.7. The Balaban J connectivity index is 1.54. The molecule has 6 nitrogen and oxygen atoms in total. The van der Waals surface area contributed by atoms with Crippen LogP contribution in [-0.2, 0) is 9.53 Å². The largest absolute Gasteiger partial charge is 0.376 e. The van der Waals surface area contributed by atoms with E-state index in [1.165, 1.54) is 0 Å². The molecule has 118 valence electrons. The molecular formula is C15H25N3O3. The molecule has 6 heteroatoms. The third-order valence-corrected chi connectivity index (χ3v) is 4.89. The van der Waals surface area contributed by atoms with Gasteiger partial charge in [-0.1, -0.05) is 0 Å². The molecule has 1 saturated carbocycles. The number of ether oxygens (including phenoxy) is 1. The molecule has 3 rings (SSSR count). The zero-order chi connectivity index (χ0) is 15.0. The maximum absolute atomic E-state index is 12.1. The van der Waals surface area contributed by atoms with Crippen molar-refractivity contribution >= 4 is 11.9 Å². The number of hydrogen-bond acceptors (Lipinski definition) is 3. The molecule has 0 unspecified atom stereocenters. The monoisotopic (exact) mass is 295 g/mol. The number of amides is 3. The van der Waals surface area contributed by atoms with Crippen LogP contribution < -0.4 is 5.32 Å². The van der Waals surface area contributed by atoms with Crippen LogP contribution in [0, 0.1) is 17.8 Å². The molecule has 0 spiro atoms. The average molecular weight is 295 g/mol. The summed E-state index contributed by atoms with van der Waals surface area (Å²) in [4.78, 5) is 27.4. The molecule has 1 N–H and O–H groups in total. The van der Waals surface area contributed by atoms with Crippen molar-refractivity contribution in [1.82, 2.24) is 15.1 Å². The van der Waals surface area contributed by atoms with E-state index in [9.17, 15) is 9.59 Å². The second kappa shape index (κ2) is 5.83. The van der Waals surface area contributed by atoms with Crippen molar-refractivity contribution in [2.45, 2.75) is 25.4 Å². The summed E-state index contributed by atoms with van der Waals surface area (Å²) >= 11 is 0. The highest BCUT2D eigenvalue weighted by atomic mass is 16.5. The van der Waals surface area contributed by atoms with Gasteiger partial charge in [-0.25, -0.2) is 4.79 Å². The Labute approximate surface area is 125 Å².